The molecule has 1 atom stereocenters. The van der Waals surface area contributed by atoms with Crippen LogP contribution < -0.4 is 10.6 Å². The lowest BCUT2D eigenvalue weighted by molar-refractivity contribution is -0.120. The van der Waals surface area contributed by atoms with Crippen LogP contribution in [-0.2, 0) is 9.59 Å². The molecule has 1 aliphatic heterocycles. The summed E-state index contributed by atoms with van der Waals surface area (Å²) in [5.74, 6) is -1.40. The zero-order chi connectivity index (χ0) is 15.9. The number of carbonyl (C=O) groups excluding carboxylic acids is 2. The SMILES string of the molecule is CC1(C)CCC2=C(C(=O)Nc3ccccc3F)C(=O)NC2C1. The minimum absolute atomic E-state index is 0.0716. The summed E-state index contributed by atoms with van der Waals surface area (Å²) >= 11 is 0. The number of benzene rings is 1. The molecular formula is C17H19FN2O2. The van der Waals surface area contributed by atoms with Gasteiger partial charge in [-0.1, -0.05) is 26.0 Å². The molecule has 4 nitrogen and oxygen atoms in total. The van der Waals surface area contributed by atoms with Crippen molar-refractivity contribution in [2.24, 2.45) is 5.41 Å². The fraction of sp³-hybridized carbons (Fsp3) is 0.412. The summed E-state index contributed by atoms with van der Waals surface area (Å²) in [6.45, 7) is 4.32. The normalized spacial score (nSPS) is 23.0. The quantitative estimate of drug-likeness (QED) is 0.825. The zero-order valence-corrected chi connectivity index (χ0v) is 12.7. The van der Waals surface area contributed by atoms with Gasteiger partial charge in [0.15, 0.2) is 0 Å². The molecule has 1 saturated carbocycles. The molecule has 1 aromatic carbocycles. The third-order valence-electron chi connectivity index (χ3n) is 4.45. The van der Waals surface area contributed by atoms with E-state index in [-0.39, 0.29) is 28.6 Å². The van der Waals surface area contributed by atoms with E-state index in [4.69, 9.17) is 0 Å². The van der Waals surface area contributed by atoms with Gasteiger partial charge >= 0.3 is 0 Å². The molecule has 5 heteroatoms. The molecule has 1 heterocycles. The minimum atomic E-state index is -0.528. The first kappa shape index (κ1) is 14.8. The zero-order valence-electron chi connectivity index (χ0n) is 12.7. The Labute approximate surface area is 128 Å². The van der Waals surface area contributed by atoms with Crippen molar-refractivity contribution < 1.29 is 14.0 Å². The highest BCUT2D eigenvalue weighted by molar-refractivity contribution is 6.25. The minimum Gasteiger partial charge on any atom is -0.345 e. The van der Waals surface area contributed by atoms with E-state index in [9.17, 15) is 14.0 Å². The highest BCUT2D eigenvalue weighted by Gasteiger charge is 2.41. The van der Waals surface area contributed by atoms with Crippen LogP contribution in [0.3, 0.4) is 0 Å². The summed E-state index contributed by atoms with van der Waals surface area (Å²) in [5.41, 5.74) is 1.26. The number of carbonyl (C=O) groups is 2. The van der Waals surface area contributed by atoms with E-state index < -0.39 is 11.7 Å². The Morgan fingerprint density at radius 3 is 2.82 bits per heavy atom. The van der Waals surface area contributed by atoms with Gasteiger partial charge in [-0.2, -0.15) is 0 Å². The van der Waals surface area contributed by atoms with Gasteiger partial charge in [0.05, 0.1) is 11.7 Å². The Morgan fingerprint density at radius 2 is 2.09 bits per heavy atom. The maximum absolute atomic E-state index is 13.6. The van der Waals surface area contributed by atoms with Gasteiger partial charge in [-0.15, -0.1) is 0 Å². The second kappa shape index (κ2) is 5.23. The highest BCUT2D eigenvalue weighted by Crippen LogP contribution is 2.41. The van der Waals surface area contributed by atoms with E-state index in [2.05, 4.69) is 24.5 Å². The number of amides is 2. The summed E-state index contributed by atoms with van der Waals surface area (Å²) < 4.78 is 13.6. The largest absolute Gasteiger partial charge is 0.345 e. The molecule has 0 aromatic heterocycles. The molecule has 1 unspecified atom stereocenters. The van der Waals surface area contributed by atoms with Gasteiger partial charge in [0.25, 0.3) is 11.8 Å². The van der Waals surface area contributed by atoms with E-state index in [0.717, 1.165) is 24.8 Å². The van der Waals surface area contributed by atoms with Crippen molar-refractivity contribution in [2.75, 3.05) is 5.32 Å². The number of hydrogen-bond donors (Lipinski definition) is 2. The van der Waals surface area contributed by atoms with Gasteiger partial charge in [-0.05, 0) is 42.4 Å². The van der Waals surface area contributed by atoms with Crippen LogP contribution in [-0.4, -0.2) is 17.9 Å². The van der Waals surface area contributed by atoms with Crippen LogP contribution in [0.5, 0.6) is 0 Å². The van der Waals surface area contributed by atoms with Crippen molar-refractivity contribution >= 4 is 17.5 Å². The molecule has 3 rings (SSSR count). The maximum atomic E-state index is 13.6. The summed E-state index contributed by atoms with van der Waals surface area (Å²) in [6, 6.07) is 5.87. The molecule has 0 spiro atoms. The van der Waals surface area contributed by atoms with Crippen molar-refractivity contribution in [3.05, 3.63) is 41.2 Å². The first-order valence-electron chi connectivity index (χ1n) is 7.47. The Morgan fingerprint density at radius 1 is 1.36 bits per heavy atom. The number of para-hydroxylation sites is 1. The van der Waals surface area contributed by atoms with Crippen molar-refractivity contribution in [1.82, 2.24) is 5.32 Å². The lowest BCUT2D eigenvalue weighted by atomic mass is 9.73. The second-order valence-electron chi connectivity index (χ2n) is 6.73. The maximum Gasteiger partial charge on any atom is 0.261 e. The molecule has 116 valence electrons. The number of halogens is 1. The highest BCUT2D eigenvalue weighted by atomic mass is 19.1. The summed E-state index contributed by atoms with van der Waals surface area (Å²) in [6.07, 6.45) is 2.48. The molecule has 2 amide bonds. The fourth-order valence-electron chi connectivity index (χ4n) is 3.24. The molecule has 1 aromatic rings. The lowest BCUT2D eigenvalue weighted by Crippen LogP contribution is -2.36. The Bertz CT molecular complexity index is 679. The fourth-order valence-corrected chi connectivity index (χ4v) is 3.24. The van der Waals surface area contributed by atoms with Crippen LogP contribution in [0.4, 0.5) is 10.1 Å². The van der Waals surface area contributed by atoms with E-state index >= 15 is 0 Å². The Balaban J connectivity index is 1.86. The molecule has 2 aliphatic rings. The van der Waals surface area contributed by atoms with Crippen molar-refractivity contribution in [1.29, 1.82) is 0 Å². The van der Waals surface area contributed by atoms with Crippen LogP contribution in [0, 0.1) is 11.2 Å². The lowest BCUT2D eigenvalue weighted by Gasteiger charge is -2.34. The van der Waals surface area contributed by atoms with Crippen LogP contribution >= 0.6 is 0 Å². The summed E-state index contributed by atoms with van der Waals surface area (Å²) in [7, 11) is 0. The van der Waals surface area contributed by atoms with Crippen molar-refractivity contribution in [2.45, 2.75) is 39.2 Å². The first-order valence-corrected chi connectivity index (χ1v) is 7.47. The van der Waals surface area contributed by atoms with E-state index in [1.165, 1.54) is 12.1 Å². The number of fused-ring (bicyclic) bond motifs is 1. The number of rotatable bonds is 2. The van der Waals surface area contributed by atoms with Gasteiger partial charge in [0, 0.05) is 0 Å². The van der Waals surface area contributed by atoms with Gasteiger partial charge in [-0.3, -0.25) is 9.59 Å². The van der Waals surface area contributed by atoms with Crippen LogP contribution in [0.25, 0.3) is 0 Å². The number of anilines is 1. The average molecular weight is 302 g/mol. The standard InChI is InChI=1S/C17H19FN2O2/c1-17(2)8-7-10-13(9-17)20-16(22)14(10)15(21)19-12-6-4-3-5-11(12)18/h3-6,13H,7-9H2,1-2H3,(H,19,21)(H,20,22). The van der Waals surface area contributed by atoms with Gasteiger partial charge in [0.2, 0.25) is 0 Å². The van der Waals surface area contributed by atoms with Gasteiger partial charge in [-0.25, -0.2) is 4.39 Å². The van der Waals surface area contributed by atoms with Crippen LogP contribution in [0.1, 0.15) is 33.1 Å². The molecule has 0 radical (unpaired) electrons. The number of nitrogens with one attached hydrogen (secondary N) is 2. The van der Waals surface area contributed by atoms with E-state index in [1.54, 1.807) is 12.1 Å². The van der Waals surface area contributed by atoms with E-state index in [1.807, 2.05) is 0 Å². The molecule has 22 heavy (non-hydrogen) atoms. The van der Waals surface area contributed by atoms with Crippen LogP contribution in [0.2, 0.25) is 0 Å². The third-order valence-corrected chi connectivity index (χ3v) is 4.45. The molecular weight excluding hydrogens is 283 g/mol. The predicted octanol–water partition coefficient (Wildman–Crippen LogP) is 2.77. The van der Waals surface area contributed by atoms with Gasteiger partial charge in [0.1, 0.15) is 11.4 Å². The molecule has 1 fully saturated rings. The molecule has 2 N–H and O–H groups in total. The van der Waals surface area contributed by atoms with Crippen molar-refractivity contribution in [3.63, 3.8) is 0 Å². The third kappa shape index (κ3) is 2.63. The smallest absolute Gasteiger partial charge is 0.261 e. The molecule has 1 aliphatic carbocycles. The van der Waals surface area contributed by atoms with E-state index in [0.29, 0.717) is 0 Å². The first-order chi connectivity index (χ1) is 10.4. The monoisotopic (exact) mass is 302 g/mol. The van der Waals surface area contributed by atoms with Crippen molar-refractivity contribution in [3.8, 4) is 0 Å². The molecule has 0 saturated heterocycles. The van der Waals surface area contributed by atoms with Gasteiger partial charge < -0.3 is 10.6 Å². The van der Waals surface area contributed by atoms with Crippen LogP contribution in [0.15, 0.2) is 35.4 Å². The topological polar surface area (TPSA) is 58.2 Å². The summed E-state index contributed by atoms with van der Waals surface area (Å²) in [5, 5.41) is 5.38. The second-order valence-corrected chi connectivity index (χ2v) is 6.73. The molecule has 0 bridgehead atoms. The Kier molecular flexibility index (Phi) is 3.51. The Hall–Kier alpha value is -2.17. The predicted molar refractivity (Wildman–Crippen MR) is 81.6 cm³/mol. The average Bonchev–Trinajstić information content (AvgIpc) is 2.75. The number of hydrogen-bond acceptors (Lipinski definition) is 2. The summed E-state index contributed by atoms with van der Waals surface area (Å²) in [4.78, 5) is 24.5.